The first kappa shape index (κ1) is 27.2. The molecular weight excluding hydrogens is 534 g/mol. The van der Waals surface area contributed by atoms with E-state index in [4.69, 9.17) is 37.4 Å². The van der Waals surface area contributed by atoms with Crippen LogP contribution in [0.5, 0.6) is 17.2 Å². The molecule has 2 aromatic rings. The molecule has 11 heteroatoms. The molecule has 2 heterocycles. The van der Waals surface area contributed by atoms with Crippen LogP contribution in [0, 0.1) is 0 Å². The Morgan fingerprint density at radius 3 is 2.62 bits per heavy atom. The highest BCUT2D eigenvalue weighted by molar-refractivity contribution is 6.37. The second kappa shape index (κ2) is 11.2. The normalized spacial score (nSPS) is 16.7. The molecule has 4 rings (SSSR count). The molecule has 37 heavy (non-hydrogen) atoms. The predicted molar refractivity (Wildman–Crippen MR) is 134 cm³/mol. The summed E-state index contributed by atoms with van der Waals surface area (Å²) in [5.41, 5.74) is 2.88. The topological polar surface area (TPSA) is 68.2 Å². The summed E-state index contributed by atoms with van der Waals surface area (Å²) in [7, 11) is 0. The molecular formula is C26H24Cl2F3NO5. The maximum atomic E-state index is 12.8. The van der Waals surface area contributed by atoms with E-state index in [1.54, 1.807) is 18.2 Å². The fraction of sp³-hybridized carbons (Fsp3) is 0.346. The zero-order valence-corrected chi connectivity index (χ0v) is 21.3. The van der Waals surface area contributed by atoms with Crippen molar-refractivity contribution < 1.29 is 37.3 Å². The Balaban J connectivity index is 1.37. The van der Waals surface area contributed by atoms with Gasteiger partial charge in [0.25, 0.3) is 0 Å². The van der Waals surface area contributed by atoms with Gasteiger partial charge in [-0.2, -0.15) is 13.2 Å². The van der Waals surface area contributed by atoms with Crippen molar-refractivity contribution in [1.82, 2.24) is 4.90 Å². The molecule has 1 atom stereocenters. The third kappa shape index (κ3) is 6.91. The molecule has 0 saturated carbocycles. The number of rotatable bonds is 8. The molecule has 0 bridgehead atoms. The van der Waals surface area contributed by atoms with Crippen LogP contribution in [-0.2, 0) is 11.4 Å². The van der Waals surface area contributed by atoms with Crippen LogP contribution in [-0.4, -0.2) is 54.5 Å². The van der Waals surface area contributed by atoms with Crippen LogP contribution in [0.1, 0.15) is 24.5 Å². The number of carboxylic acids is 1. The van der Waals surface area contributed by atoms with Crippen molar-refractivity contribution in [3.05, 3.63) is 68.7 Å². The fourth-order valence-electron chi connectivity index (χ4n) is 3.97. The average molecular weight is 558 g/mol. The van der Waals surface area contributed by atoms with Gasteiger partial charge in [0.15, 0.2) is 11.9 Å². The van der Waals surface area contributed by atoms with Crippen molar-refractivity contribution in [1.29, 1.82) is 0 Å². The summed E-state index contributed by atoms with van der Waals surface area (Å²) in [5.74, 6) is 0.0517. The van der Waals surface area contributed by atoms with E-state index in [-0.39, 0.29) is 22.4 Å². The van der Waals surface area contributed by atoms with Crippen LogP contribution in [0.15, 0.2) is 47.6 Å². The lowest BCUT2D eigenvalue weighted by molar-refractivity contribution is -0.189. The quantitative estimate of drug-likeness (QED) is 0.405. The third-order valence-electron chi connectivity index (χ3n) is 5.91. The Kier molecular flexibility index (Phi) is 8.26. The number of hydrogen-bond donors (Lipinski definition) is 1. The SMILES string of the molecule is C[C@H](Oc1c(Cl)cc(COc2ccc3c(c2)OCC(CN2CCC=C(C(=O)O)C2)=C3)cc1Cl)C(F)(F)F. The molecule has 2 aromatic carbocycles. The van der Waals surface area contributed by atoms with Gasteiger partial charge in [0.05, 0.1) is 10.0 Å². The maximum Gasteiger partial charge on any atom is 0.425 e. The minimum atomic E-state index is -4.55. The second-order valence-electron chi connectivity index (χ2n) is 8.80. The Bertz CT molecular complexity index is 1220. The van der Waals surface area contributed by atoms with Crippen molar-refractivity contribution in [3.8, 4) is 17.2 Å². The molecule has 0 aliphatic carbocycles. The van der Waals surface area contributed by atoms with Crippen molar-refractivity contribution in [3.63, 3.8) is 0 Å². The largest absolute Gasteiger partial charge is 0.489 e. The summed E-state index contributed by atoms with van der Waals surface area (Å²) in [5, 5.41) is 9.13. The highest BCUT2D eigenvalue weighted by Gasteiger charge is 2.38. The van der Waals surface area contributed by atoms with E-state index in [2.05, 4.69) is 4.90 Å². The number of carboxylic acid groups (broad SMARTS) is 1. The number of carbonyl (C=O) groups is 1. The lowest BCUT2D eigenvalue weighted by Gasteiger charge is -2.28. The minimum absolute atomic E-state index is 0.0479. The average Bonchev–Trinajstić information content (AvgIpc) is 2.84. The van der Waals surface area contributed by atoms with E-state index in [0.717, 1.165) is 24.6 Å². The summed E-state index contributed by atoms with van der Waals surface area (Å²) in [6.45, 7) is 3.13. The van der Waals surface area contributed by atoms with Crippen molar-refractivity contribution in [2.75, 3.05) is 26.2 Å². The minimum Gasteiger partial charge on any atom is -0.489 e. The number of fused-ring (bicyclic) bond motifs is 1. The van der Waals surface area contributed by atoms with E-state index >= 15 is 0 Å². The van der Waals surface area contributed by atoms with Gasteiger partial charge in [-0.25, -0.2) is 4.79 Å². The first-order valence-electron chi connectivity index (χ1n) is 11.4. The van der Waals surface area contributed by atoms with Crippen LogP contribution in [0.25, 0.3) is 6.08 Å². The summed E-state index contributed by atoms with van der Waals surface area (Å²) < 4.78 is 55.0. The molecule has 6 nitrogen and oxygen atoms in total. The molecule has 0 aromatic heterocycles. The van der Waals surface area contributed by atoms with Gasteiger partial charge in [-0.05, 0) is 54.8 Å². The summed E-state index contributed by atoms with van der Waals surface area (Å²) in [6, 6.07) is 8.28. The van der Waals surface area contributed by atoms with Gasteiger partial charge in [-0.3, -0.25) is 4.90 Å². The maximum absolute atomic E-state index is 12.8. The van der Waals surface area contributed by atoms with Gasteiger partial charge in [0.2, 0.25) is 0 Å². The Labute approximate surface area is 221 Å². The zero-order valence-electron chi connectivity index (χ0n) is 19.8. The Hall–Kier alpha value is -2.88. The van der Waals surface area contributed by atoms with E-state index in [9.17, 15) is 23.1 Å². The molecule has 0 spiro atoms. The number of aliphatic carboxylic acids is 1. The summed E-state index contributed by atoms with van der Waals surface area (Å²) in [4.78, 5) is 13.3. The summed E-state index contributed by atoms with van der Waals surface area (Å²) >= 11 is 12.2. The van der Waals surface area contributed by atoms with E-state index in [0.29, 0.717) is 48.8 Å². The second-order valence-corrected chi connectivity index (χ2v) is 9.62. The molecule has 2 aliphatic heterocycles. The predicted octanol–water partition coefficient (Wildman–Crippen LogP) is 6.39. The van der Waals surface area contributed by atoms with Gasteiger partial charge in [0, 0.05) is 36.8 Å². The van der Waals surface area contributed by atoms with Gasteiger partial charge >= 0.3 is 12.1 Å². The van der Waals surface area contributed by atoms with Crippen molar-refractivity contribution in [2.24, 2.45) is 0 Å². The van der Waals surface area contributed by atoms with Crippen LogP contribution < -0.4 is 14.2 Å². The molecule has 1 N–H and O–H groups in total. The van der Waals surface area contributed by atoms with Gasteiger partial charge in [-0.1, -0.05) is 29.3 Å². The number of halogens is 5. The lowest BCUT2D eigenvalue weighted by Crippen LogP contribution is -2.34. The molecule has 0 amide bonds. The van der Waals surface area contributed by atoms with E-state index in [1.165, 1.54) is 12.1 Å². The van der Waals surface area contributed by atoms with Crippen LogP contribution in [0.4, 0.5) is 13.2 Å². The van der Waals surface area contributed by atoms with E-state index < -0.39 is 18.2 Å². The molecule has 198 valence electrons. The Morgan fingerprint density at radius 1 is 1.22 bits per heavy atom. The van der Waals surface area contributed by atoms with Gasteiger partial charge in [-0.15, -0.1) is 0 Å². The molecule has 0 unspecified atom stereocenters. The fourth-order valence-corrected chi connectivity index (χ4v) is 4.59. The smallest absolute Gasteiger partial charge is 0.425 e. The monoisotopic (exact) mass is 557 g/mol. The summed E-state index contributed by atoms with van der Waals surface area (Å²) in [6.07, 6.45) is -2.12. The molecule has 2 aliphatic rings. The standard InChI is InChI=1S/C26H24Cl2F3NO5/c1-15(26(29,30)31)37-24-21(27)8-16(9-22(24)28)13-35-20-5-4-18-7-17(14-36-23(18)10-20)11-32-6-2-3-19(12-32)25(33)34/h3-5,7-10,15H,2,6,11-14H2,1H3,(H,33,34)/t15-/m0/s1. The number of alkyl halides is 3. The molecule has 0 radical (unpaired) electrons. The lowest BCUT2D eigenvalue weighted by atomic mass is 10.0. The first-order chi connectivity index (χ1) is 17.5. The highest BCUT2D eigenvalue weighted by Crippen LogP contribution is 2.38. The first-order valence-corrected chi connectivity index (χ1v) is 12.2. The highest BCUT2D eigenvalue weighted by atomic mass is 35.5. The van der Waals surface area contributed by atoms with Crippen molar-refractivity contribution >= 4 is 35.2 Å². The van der Waals surface area contributed by atoms with Crippen LogP contribution >= 0.6 is 23.2 Å². The zero-order chi connectivity index (χ0) is 26.7. The molecule has 0 saturated heterocycles. The van der Waals surface area contributed by atoms with Crippen molar-refractivity contribution in [2.45, 2.75) is 32.2 Å². The number of nitrogens with zero attached hydrogens (tertiary/aromatic N) is 1. The number of ether oxygens (including phenoxy) is 3. The van der Waals surface area contributed by atoms with Crippen LogP contribution in [0.3, 0.4) is 0 Å². The van der Waals surface area contributed by atoms with E-state index in [1.807, 2.05) is 12.1 Å². The Morgan fingerprint density at radius 2 is 1.95 bits per heavy atom. The molecule has 0 fully saturated rings. The van der Waals surface area contributed by atoms with Crippen LogP contribution in [0.2, 0.25) is 10.0 Å². The van der Waals surface area contributed by atoms with Gasteiger partial charge in [0.1, 0.15) is 24.7 Å². The third-order valence-corrected chi connectivity index (χ3v) is 6.47. The van der Waals surface area contributed by atoms with Gasteiger partial charge < -0.3 is 19.3 Å². The number of hydrogen-bond acceptors (Lipinski definition) is 5. The number of benzene rings is 2.